The number of piperidine rings is 1. The van der Waals surface area contributed by atoms with Crippen LogP contribution in [0.15, 0.2) is 23.8 Å². The van der Waals surface area contributed by atoms with Crippen LogP contribution in [0.25, 0.3) is 0 Å². The predicted molar refractivity (Wildman–Crippen MR) is 114 cm³/mol. The quantitative estimate of drug-likeness (QED) is 0.562. The molecule has 1 saturated carbocycles. The molecule has 3 fully saturated rings. The number of likely N-dealkylation sites (tertiary alicyclic amines) is 2. The van der Waals surface area contributed by atoms with Gasteiger partial charge in [0, 0.05) is 19.5 Å². The van der Waals surface area contributed by atoms with Gasteiger partial charge in [-0.25, -0.2) is 8.78 Å². The Balaban J connectivity index is 1.37. The second-order valence-corrected chi connectivity index (χ2v) is 10.5. The molecule has 2 saturated heterocycles. The molecule has 0 aromatic heterocycles. The first-order chi connectivity index (χ1) is 13.5. The minimum absolute atomic E-state index is 0.142. The molecule has 5 N–H and O–H groups in total. The Morgan fingerprint density at radius 1 is 1.10 bits per heavy atom. The Morgan fingerprint density at radius 3 is 2.38 bits per heavy atom. The molecule has 2 aliphatic heterocycles. The summed E-state index contributed by atoms with van der Waals surface area (Å²) in [6.07, 6.45) is 8.26. The first-order valence-electron chi connectivity index (χ1n) is 11.0. The number of hydrogen-bond donors (Lipinski definition) is 3. The first kappa shape index (κ1) is 22.2. The van der Waals surface area contributed by atoms with E-state index >= 15 is 0 Å². The molecule has 2 heterocycles. The van der Waals surface area contributed by atoms with Gasteiger partial charge in [-0.1, -0.05) is 20.8 Å². The Kier molecular flexibility index (Phi) is 6.37. The topological polar surface area (TPSA) is 70.5 Å². The van der Waals surface area contributed by atoms with E-state index in [1.54, 1.807) is 12.2 Å². The van der Waals surface area contributed by atoms with Crippen molar-refractivity contribution in [3.63, 3.8) is 0 Å². The third-order valence-corrected chi connectivity index (χ3v) is 6.91. The largest absolute Gasteiger partial charge is 0.386 e. The number of alkyl halides is 2. The van der Waals surface area contributed by atoms with Crippen LogP contribution in [0, 0.1) is 16.7 Å². The molecule has 166 valence electrons. The minimum atomic E-state index is -2.64. The number of nitrogens with one attached hydrogen (secondary N) is 1. The van der Waals surface area contributed by atoms with E-state index in [-0.39, 0.29) is 19.5 Å². The summed E-state index contributed by atoms with van der Waals surface area (Å²) < 4.78 is 26.6. The zero-order chi connectivity index (χ0) is 21.3. The fourth-order valence-corrected chi connectivity index (χ4v) is 4.59. The standard InChI is InChI=1S/C22H39F2N5/c1-20(2,3)6-10-28-11-7-21(8-12-28)14-17(21)15-27-18(25)4-5-19(26)29-13-9-22(23,24)16-29/h4-5,17,27H,6-16,25-26H2,1-3H3/b18-4+,19-5+. The van der Waals surface area contributed by atoms with Gasteiger partial charge in [-0.15, -0.1) is 0 Å². The van der Waals surface area contributed by atoms with E-state index in [1.807, 2.05) is 0 Å². The monoisotopic (exact) mass is 411 g/mol. The van der Waals surface area contributed by atoms with E-state index in [0.29, 0.717) is 28.4 Å². The van der Waals surface area contributed by atoms with Gasteiger partial charge in [-0.3, -0.25) is 0 Å². The summed E-state index contributed by atoms with van der Waals surface area (Å²) in [6.45, 7) is 11.4. The Hall–Kier alpha value is -1.50. The maximum Gasteiger partial charge on any atom is 0.266 e. The predicted octanol–water partition coefficient (Wildman–Crippen LogP) is 3.06. The molecular weight excluding hydrogens is 372 g/mol. The maximum atomic E-state index is 13.3. The highest BCUT2D eigenvalue weighted by atomic mass is 19.3. The van der Waals surface area contributed by atoms with Gasteiger partial charge in [0.2, 0.25) is 0 Å². The molecule has 29 heavy (non-hydrogen) atoms. The molecule has 1 aliphatic carbocycles. The third-order valence-electron chi connectivity index (χ3n) is 6.91. The lowest BCUT2D eigenvalue weighted by Crippen LogP contribution is -2.37. The highest BCUT2D eigenvalue weighted by Crippen LogP contribution is 2.59. The highest BCUT2D eigenvalue weighted by Gasteiger charge is 2.54. The first-order valence-corrected chi connectivity index (χ1v) is 11.0. The van der Waals surface area contributed by atoms with Gasteiger partial charge >= 0.3 is 0 Å². The van der Waals surface area contributed by atoms with Crippen LogP contribution in [0.1, 0.15) is 52.9 Å². The lowest BCUT2D eigenvalue weighted by atomic mass is 9.88. The Bertz CT molecular complexity index is 630. The highest BCUT2D eigenvalue weighted by molar-refractivity contribution is 5.15. The number of halogens is 2. The summed E-state index contributed by atoms with van der Waals surface area (Å²) in [7, 11) is 0. The number of nitrogens with zero attached hydrogens (tertiary/aromatic N) is 2. The van der Waals surface area contributed by atoms with Gasteiger partial charge in [0.25, 0.3) is 5.92 Å². The second kappa shape index (κ2) is 8.32. The molecule has 0 aromatic rings. The van der Waals surface area contributed by atoms with Crippen LogP contribution >= 0.6 is 0 Å². The van der Waals surface area contributed by atoms with E-state index in [1.165, 1.54) is 50.2 Å². The molecule has 1 spiro atoms. The Labute approximate surface area is 174 Å². The van der Waals surface area contributed by atoms with Crippen molar-refractivity contribution in [3.8, 4) is 0 Å². The fraction of sp³-hybridized carbons (Fsp3) is 0.818. The average Bonchev–Trinajstić information content (AvgIpc) is 3.17. The summed E-state index contributed by atoms with van der Waals surface area (Å²) in [5.41, 5.74) is 12.9. The third kappa shape index (κ3) is 6.24. The maximum absolute atomic E-state index is 13.3. The van der Waals surface area contributed by atoms with Crippen molar-refractivity contribution < 1.29 is 8.78 Å². The van der Waals surface area contributed by atoms with Crippen LogP contribution in [0.3, 0.4) is 0 Å². The molecule has 7 heteroatoms. The van der Waals surface area contributed by atoms with Crippen molar-refractivity contribution in [2.75, 3.05) is 39.3 Å². The lowest BCUT2D eigenvalue weighted by Gasteiger charge is -2.34. The molecule has 5 nitrogen and oxygen atoms in total. The van der Waals surface area contributed by atoms with Gasteiger partial charge in [-0.2, -0.15) is 0 Å². The van der Waals surface area contributed by atoms with E-state index in [9.17, 15) is 8.78 Å². The van der Waals surface area contributed by atoms with Crippen LogP contribution in [-0.2, 0) is 0 Å². The van der Waals surface area contributed by atoms with Crippen LogP contribution in [0.4, 0.5) is 8.78 Å². The van der Waals surface area contributed by atoms with Crippen LogP contribution in [-0.4, -0.2) is 55.0 Å². The van der Waals surface area contributed by atoms with Crippen molar-refractivity contribution in [2.24, 2.45) is 28.2 Å². The van der Waals surface area contributed by atoms with Crippen LogP contribution in [0.5, 0.6) is 0 Å². The number of hydrogen-bond acceptors (Lipinski definition) is 5. The minimum Gasteiger partial charge on any atom is -0.386 e. The molecule has 3 rings (SSSR count). The lowest BCUT2D eigenvalue weighted by molar-refractivity contribution is 0.0150. The number of allylic oxidation sites excluding steroid dienone is 2. The molecule has 1 unspecified atom stereocenters. The zero-order valence-corrected chi connectivity index (χ0v) is 18.3. The van der Waals surface area contributed by atoms with Gasteiger partial charge < -0.3 is 26.6 Å². The smallest absolute Gasteiger partial charge is 0.266 e. The van der Waals surface area contributed by atoms with Crippen LogP contribution < -0.4 is 16.8 Å². The number of rotatable bonds is 7. The van der Waals surface area contributed by atoms with Gasteiger partial charge in [0.1, 0.15) is 0 Å². The summed E-state index contributed by atoms with van der Waals surface area (Å²) in [5, 5.41) is 3.29. The molecule has 1 atom stereocenters. The van der Waals surface area contributed by atoms with E-state index in [0.717, 1.165) is 6.54 Å². The normalized spacial score (nSPS) is 27.5. The fourth-order valence-electron chi connectivity index (χ4n) is 4.59. The second-order valence-electron chi connectivity index (χ2n) is 10.5. The molecule has 0 aromatic carbocycles. The molecule has 0 radical (unpaired) electrons. The number of nitrogens with two attached hydrogens (primary N) is 2. The van der Waals surface area contributed by atoms with Crippen molar-refractivity contribution in [3.05, 3.63) is 23.8 Å². The SMILES string of the molecule is CC(C)(C)CCN1CCC2(CC1)CC2CN/C(N)=C/C=C(\N)N1CCC(F)(F)C1. The molecular formula is C22H39F2N5. The average molecular weight is 412 g/mol. The van der Waals surface area contributed by atoms with Crippen molar-refractivity contribution in [1.29, 1.82) is 0 Å². The summed E-state index contributed by atoms with van der Waals surface area (Å²) in [5.74, 6) is -1.08. The van der Waals surface area contributed by atoms with Gasteiger partial charge in [0.15, 0.2) is 0 Å². The molecule has 0 amide bonds. The van der Waals surface area contributed by atoms with Crippen molar-refractivity contribution in [2.45, 2.75) is 58.8 Å². The van der Waals surface area contributed by atoms with Crippen LogP contribution in [0.2, 0.25) is 0 Å². The summed E-state index contributed by atoms with van der Waals surface area (Å²) in [6, 6.07) is 0. The van der Waals surface area contributed by atoms with Crippen molar-refractivity contribution >= 4 is 0 Å². The van der Waals surface area contributed by atoms with E-state index < -0.39 is 5.92 Å². The van der Waals surface area contributed by atoms with E-state index in [4.69, 9.17) is 11.5 Å². The summed E-state index contributed by atoms with van der Waals surface area (Å²) in [4.78, 5) is 4.12. The van der Waals surface area contributed by atoms with Gasteiger partial charge in [-0.05, 0) is 74.2 Å². The Morgan fingerprint density at radius 2 is 1.79 bits per heavy atom. The van der Waals surface area contributed by atoms with E-state index in [2.05, 4.69) is 31.0 Å². The molecule has 3 aliphatic rings. The zero-order valence-electron chi connectivity index (χ0n) is 18.3. The molecule has 0 bridgehead atoms. The summed E-state index contributed by atoms with van der Waals surface area (Å²) >= 11 is 0. The van der Waals surface area contributed by atoms with Gasteiger partial charge in [0.05, 0.1) is 18.2 Å². The van der Waals surface area contributed by atoms with Crippen molar-refractivity contribution in [1.82, 2.24) is 15.1 Å².